The highest BCUT2D eigenvalue weighted by molar-refractivity contribution is 6.06. The molecular formula is C17H23N3O. The Bertz CT molecular complexity index is 597. The summed E-state index contributed by atoms with van der Waals surface area (Å²) in [4.78, 5) is 17.9. The van der Waals surface area contributed by atoms with E-state index < -0.39 is 0 Å². The number of nitrogens with one attached hydrogen (secondary N) is 2. The maximum absolute atomic E-state index is 12.3. The highest BCUT2D eigenvalue weighted by Crippen LogP contribution is 2.17. The number of nitrogens with zero attached hydrogens (tertiary/aromatic N) is 1. The highest BCUT2D eigenvalue weighted by atomic mass is 16.1. The normalized spacial score (nSPS) is 16.8. The summed E-state index contributed by atoms with van der Waals surface area (Å²) in [5.74, 6) is 0.0160. The fraction of sp³-hybridized carbons (Fsp3) is 0.471. The molecule has 112 valence electrons. The Hall–Kier alpha value is -1.81. The van der Waals surface area contributed by atoms with Gasteiger partial charge in [0, 0.05) is 30.2 Å². The van der Waals surface area contributed by atoms with Crippen LogP contribution < -0.4 is 5.32 Å². The van der Waals surface area contributed by atoms with Crippen LogP contribution in [0.3, 0.4) is 0 Å². The molecule has 0 aliphatic carbocycles. The van der Waals surface area contributed by atoms with Crippen molar-refractivity contribution in [2.75, 3.05) is 26.2 Å². The number of fused-ring (bicyclic) bond motifs is 1. The van der Waals surface area contributed by atoms with E-state index in [9.17, 15) is 4.79 Å². The van der Waals surface area contributed by atoms with E-state index in [1.807, 2.05) is 24.3 Å². The minimum atomic E-state index is 0.0160. The van der Waals surface area contributed by atoms with Crippen LogP contribution in [-0.2, 0) is 0 Å². The second-order valence-electron chi connectivity index (χ2n) is 5.76. The van der Waals surface area contributed by atoms with Gasteiger partial charge in [-0.2, -0.15) is 0 Å². The Morgan fingerprint density at radius 1 is 1.14 bits per heavy atom. The molecule has 1 amide bonds. The van der Waals surface area contributed by atoms with Gasteiger partial charge in [-0.1, -0.05) is 31.0 Å². The lowest BCUT2D eigenvalue weighted by Gasteiger charge is -2.19. The van der Waals surface area contributed by atoms with E-state index in [0.29, 0.717) is 0 Å². The zero-order valence-corrected chi connectivity index (χ0v) is 12.4. The summed E-state index contributed by atoms with van der Waals surface area (Å²) in [6, 6.07) is 7.91. The number of aromatic amines is 1. The third-order valence-corrected chi connectivity index (χ3v) is 4.25. The molecule has 1 aliphatic heterocycles. The summed E-state index contributed by atoms with van der Waals surface area (Å²) < 4.78 is 0. The molecule has 4 heteroatoms. The summed E-state index contributed by atoms with van der Waals surface area (Å²) >= 11 is 0. The molecule has 0 atom stereocenters. The van der Waals surface area contributed by atoms with E-state index in [0.717, 1.165) is 29.6 Å². The zero-order chi connectivity index (χ0) is 14.5. The molecule has 1 aliphatic rings. The Kier molecular flexibility index (Phi) is 4.55. The largest absolute Gasteiger partial charge is 0.360 e. The predicted molar refractivity (Wildman–Crippen MR) is 85.5 cm³/mol. The molecule has 1 saturated heterocycles. The number of aromatic nitrogens is 1. The van der Waals surface area contributed by atoms with Crippen molar-refractivity contribution in [3.63, 3.8) is 0 Å². The lowest BCUT2D eigenvalue weighted by Crippen LogP contribution is -2.35. The van der Waals surface area contributed by atoms with E-state index in [1.54, 1.807) is 6.20 Å². The van der Waals surface area contributed by atoms with Crippen molar-refractivity contribution in [3.8, 4) is 0 Å². The minimum absolute atomic E-state index is 0.0160. The minimum Gasteiger partial charge on any atom is -0.360 e. The van der Waals surface area contributed by atoms with Crippen molar-refractivity contribution in [2.45, 2.75) is 25.7 Å². The average Bonchev–Trinajstić information content (AvgIpc) is 2.77. The molecule has 0 unspecified atom stereocenters. The number of para-hydroxylation sites is 1. The third-order valence-electron chi connectivity index (χ3n) is 4.25. The number of hydrogen-bond donors (Lipinski definition) is 2. The van der Waals surface area contributed by atoms with Gasteiger partial charge in [0.25, 0.3) is 5.91 Å². The molecule has 21 heavy (non-hydrogen) atoms. The molecule has 1 aromatic carbocycles. The first-order chi connectivity index (χ1) is 10.3. The number of carbonyl (C=O) groups is 1. The molecule has 4 nitrogen and oxygen atoms in total. The molecule has 1 fully saturated rings. The maximum atomic E-state index is 12.3. The summed E-state index contributed by atoms with van der Waals surface area (Å²) in [7, 11) is 0. The molecular weight excluding hydrogens is 262 g/mol. The molecule has 1 aromatic heterocycles. The molecule has 0 radical (unpaired) electrons. The first-order valence-corrected chi connectivity index (χ1v) is 7.91. The third kappa shape index (κ3) is 3.45. The SMILES string of the molecule is O=C(NCCN1CCCCCC1)c1c[nH]c2ccccc12. The predicted octanol–water partition coefficient (Wildman–Crippen LogP) is 2.77. The Balaban J connectivity index is 1.54. The van der Waals surface area contributed by atoms with Gasteiger partial charge in [0.1, 0.15) is 0 Å². The van der Waals surface area contributed by atoms with Gasteiger partial charge < -0.3 is 15.2 Å². The van der Waals surface area contributed by atoms with Crippen LogP contribution in [-0.4, -0.2) is 42.0 Å². The molecule has 0 bridgehead atoms. The van der Waals surface area contributed by atoms with Crippen LogP contribution in [0.15, 0.2) is 30.5 Å². The van der Waals surface area contributed by atoms with Gasteiger partial charge in [-0.25, -0.2) is 0 Å². The van der Waals surface area contributed by atoms with Crippen LogP contribution in [0, 0.1) is 0 Å². The number of rotatable bonds is 4. The molecule has 2 N–H and O–H groups in total. The van der Waals surface area contributed by atoms with Crippen LogP contribution in [0.1, 0.15) is 36.0 Å². The Morgan fingerprint density at radius 2 is 1.90 bits per heavy atom. The fourth-order valence-corrected chi connectivity index (χ4v) is 3.04. The van der Waals surface area contributed by atoms with Crippen molar-refractivity contribution < 1.29 is 4.79 Å². The van der Waals surface area contributed by atoms with Crippen molar-refractivity contribution in [3.05, 3.63) is 36.0 Å². The van der Waals surface area contributed by atoms with E-state index in [-0.39, 0.29) is 5.91 Å². The smallest absolute Gasteiger partial charge is 0.253 e. The first-order valence-electron chi connectivity index (χ1n) is 7.91. The van der Waals surface area contributed by atoms with Gasteiger partial charge >= 0.3 is 0 Å². The van der Waals surface area contributed by atoms with E-state index in [4.69, 9.17) is 0 Å². The van der Waals surface area contributed by atoms with Gasteiger partial charge in [0.15, 0.2) is 0 Å². The van der Waals surface area contributed by atoms with E-state index in [1.165, 1.54) is 38.8 Å². The molecule has 0 spiro atoms. The summed E-state index contributed by atoms with van der Waals surface area (Å²) in [6.07, 6.45) is 7.06. The van der Waals surface area contributed by atoms with Crippen LogP contribution in [0.5, 0.6) is 0 Å². The van der Waals surface area contributed by atoms with Crippen LogP contribution >= 0.6 is 0 Å². The fourth-order valence-electron chi connectivity index (χ4n) is 3.04. The summed E-state index contributed by atoms with van der Waals surface area (Å²) in [5, 5.41) is 4.03. The van der Waals surface area contributed by atoms with Gasteiger partial charge in [-0.3, -0.25) is 4.79 Å². The van der Waals surface area contributed by atoms with Crippen LogP contribution in [0.25, 0.3) is 10.9 Å². The Morgan fingerprint density at radius 3 is 2.71 bits per heavy atom. The number of amides is 1. The number of likely N-dealkylation sites (tertiary alicyclic amines) is 1. The first kappa shape index (κ1) is 14.1. The monoisotopic (exact) mass is 285 g/mol. The average molecular weight is 285 g/mol. The number of H-pyrrole nitrogens is 1. The number of benzene rings is 1. The lowest BCUT2D eigenvalue weighted by atomic mass is 10.1. The standard InChI is InChI=1S/C17H23N3O/c21-17(15-13-19-16-8-4-3-7-14(15)16)18-9-12-20-10-5-1-2-6-11-20/h3-4,7-8,13,19H,1-2,5-6,9-12H2,(H,18,21). The Labute approximate surface area is 125 Å². The maximum Gasteiger partial charge on any atom is 0.253 e. The van der Waals surface area contributed by atoms with Gasteiger partial charge in [-0.05, 0) is 32.0 Å². The number of carbonyl (C=O) groups excluding carboxylic acids is 1. The molecule has 2 aromatic rings. The molecule has 0 saturated carbocycles. The second-order valence-corrected chi connectivity index (χ2v) is 5.76. The summed E-state index contributed by atoms with van der Waals surface area (Å²) in [6.45, 7) is 4.01. The van der Waals surface area contributed by atoms with Gasteiger partial charge in [-0.15, -0.1) is 0 Å². The number of hydrogen-bond acceptors (Lipinski definition) is 2. The van der Waals surface area contributed by atoms with Crippen molar-refractivity contribution in [1.82, 2.24) is 15.2 Å². The summed E-state index contributed by atoms with van der Waals surface area (Å²) in [5.41, 5.74) is 1.75. The topological polar surface area (TPSA) is 48.1 Å². The zero-order valence-electron chi connectivity index (χ0n) is 12.4. The van der Waals surface area contributed by atoms with Crippen molar-refractivity contribution >= 4 is 16.8 Å². The quantitative estimate of drug-likeness (QED) is 0.907. The van der Waals surface area contributed by atoms with Crippen LogP contribution in [0.4, 0.5) is 0 Å². The molecule has 3 rings (SSSR count). The van der Waals surface area contributed by atoms with Crippen LogP contribution in [0.2, 0.25) is 0 Å². The van der Waals surface area contributed by atoms with Gasteiger partial charge in [0.2, 0.25) is 0 Å². The van der Waals surface area contributed by atoms with E-state index >= 15 is 0 Å². The van der Waals surface area contributed by atoms with E-state index in [2.05, 4.69) is 15.2 Å². The van der Waals surface area contributed by atoms with Gasteiger partial charge in [0.05, 0.1) is 5.56 Å². The molecule has 2 heterocycles. The van der Waals surface area contributed by atoms with Crippen molar-refractivity contribution in [1.29, 1.82) is 0 Å². The highest BCUT2D eigenvalue weighted by Gasteiger charge is 2.12. The second kappa shape index (κ2) is 6.76. The lowest BCUT2D eigenvalue weighted by molar-refractivity contribution is 0.0950. The van der Waals surface area contributed by atoms with Crippen molar-refractivity contribution in [2.24, 2.45) is 0 Å².